The number of nitroso groups, excluding NO2 is 1. The van der Waals surface area contributed by atoms with E-state index in [9.17, 15) is 4.91 Å². The van der Waals surface area contributed by atoms with E-state index in [1.54, 1.807) is 0 Å². The van der Waals surface area contributed by atoms with Gasteiger partial charge in [0.25, 0.3) is 0 Å². The summed E-state index contributed by atoms with van der Waals surface area (Å²) in [6, 6.07) is 19.7. The third-order valence-electron chi connectivity index (χ3n) is 3.80. The molecule has 3 nitrogen and oxygen atoms in total. The third-order valence-corrected chi connectivity index (χ3v) is 3.80. The van der Waals surface area contributed by atoms with E-state index in [4.69, 9.17) is 0 Å². The van der Waals surface area contributed by atoms with Crippen molar-refractivity contribution in [3.05, 3.63) is 76.7 Å². The summed E-state index contributed by atoms with van der Waals surface area (Å²) in [6.45, 7) is 4.08. The van der Waals surface area contributed by atoms with Crippen molar-refractivity contribution in [2.75, 3.05) is 5.01 Å². The second-order valence-corrected chi connectivity index (χ2v) is 5.11. The lowest BCUT2D eigenvalue weighted by Gasteiger charge is -2.20. The number of para-hydroxylation sites is 1. The van der Waals surface area contributed by atoms with Crippen LogP contribution >= 0.6 is 0 Å². The maximum atomic E-state index is 11.4. The highest BCUT2D eigenvalue weighted by molar-refractivity contribution is 5.93. The van der Waals surface area contributed by atoms with Crippen LogP contribution in [-0.2, 0) is 0 Å². The molecule has 104 valence electrons. The number of nitrogens with zero attached hydrogens (tertiary/aromatic N) is 2. The second-order valence-electron chi connectivity index (χ2n) is 5.11. The minimum Gasteiger partial charge on any atom is -0.197 e. The maximum Gasteiger partial charge on any atom is 0.0723 e. The predicted molar refractivity (Wildman–Crippen MR) is 87.8 cm³/mol. The summed E-state index contributed by atoms with van der Waals surface area (Å²) in [4.78, 5) is 11.4. The summed E-state index contributed by atoms with van der Waals surface area (Å²) in [5, 5.41) is 7.03. The molecule has 3 rings (SSSR count). The van der Waals surface area contributed by atoms with Gasteiger partial charge in [0.05, 0.1) is 16.7 Å². The van der Waals surface area contributed by atoms with Gasteiger partial charge < -0.3 is 0 Å². The van der Waals surface area contributed by atoms with Crippen molar-refractivity contribution >= 4 is 22.1 Å². The van der Waals surface area contributed by atoms with Crippen LogP contribution in [0, 0.1) is 18.8 Å². The van der Waals surface area contributed by atoms with Gasteiger partial charge in [0, 0.05) is 0 Å². The average molecular weight is 276 g/mol. The Morgan fingerprint density at radius 2 is 1.48 bits per heavy atom. The average Bonchev–Trinajstić information content (AvgIpc) is 2.54. The SMILES string of the molecule is Cc1cc(N(N=O)c2ccccc2)c(C)c2ccccc12. The summed E-state index contributed by atoms with van der Waals surface area (Å²) < 4.78 is 0. The van der Waals surface area contributed by atoms with E-state index in [0.29, 0.717) is 0 Å². The topological polar surface area (TPSA) is 32.7 Å². The van der Waals surface area contributed by atoms with E-state index in [1.807, 2.05) is 55.5 Å². The molecule has 0 heterocycles. The van der Waals surface area contributed by atoms with Gasteiger partial charge in [0.2, 0.25) is 0 Å². The highest BCUT2D eigenvalue weighted by atomic mass is 16.3. The van der Waals surface area contributed by atoms with Crippen LogP contribution in [0.5, 0.6) is 0 Å². The first-order chi connectivity index (χ1) is 10.2. The summed E-state index contributed by atoms with van der Waals surface area (Å²) in [6.07, 6.45) is 0. The van der Waals surface area contributed by atoms with E-state index < -0.39 is 0 Å². The molecule has 0 spiro atoms. The molecule has 0 unspecified atom stereocenters. The van der Waals surface area contributed by atoms with Gasteiger partial charge in [-0.15, -0.1) is 4.91 Å². The summed E-state index contributed by atoms with van der Waals surface area (Å²) in [5.74, 6) is 0. The first kappa shape index (κ1) is 13.3. The lowest BCUT2D eigenvalue weighted by molar-refractivity contribution is 1.06. The largest absolute Gasteiger partial charge is 0.197 e. The molecule has 3 aromatic carbocycles. The first-order valence-electron chi connectivity index (χ1n) is 6.90. The molecule has 0 N–H and O–H groups in total. The minimum atomic E-state index is 0.769. The number of anilines is 2. The molecule has 0 saturated heterocycles. The van der Waals surface area contributed by atoms with Crippen LogP contribution < -0.4 is 5.01 Å². The Morgan fingerprint density at radius 3 is 2.14 bits per heavy atom. The number of rotatable bonds is 3. The van der Waals surface area contributed by atoms with Gasteiger partial charge in [-0.2, -0.15) is 5.01 Å². The van der Waals surface area contributed by atoms with Crippen LogP contribution in [-0.4, -0.2) is 0 Å². The van der Waals surface area contributed by atoms with Gasteiger partial charge in [0.15, 0.2) is 0 Å². The molecule has 3 aromatic rings. The first-order valence-corrected chi connectivity index (χ1v) is 6.90. The summed E-state index contributed by atoms with van der Waals surface area (Å²) in [5.41, 5.74) is 3.79. The summed E-state index contributed by atoms with van der Waals surface area (Å²) >= 11 is 0. The molecule has 0 saturated carbocycles. The lowest BCUT2D eigenvalue weighted by atomic mass is 9.99. The second kappa shape index (κ2) is 5.37. The maximum absolute atomic E-state index is 11.4. The molecule has 0 fully saturated rings. The van der Waals surface area contributed by atoms with Crippen LogP contribution in [0.1, 0.15) is 11.1 Å². The van der Waals surface area contributed by atoms with Crippen LogP contribution in [0.4, 0.5) is 11.4 Å². The zero-order chi connectivity index (χ0) is 14.8. The van der Waals surface area contributed by atoms with Gasteiger partial charge in [-0.25, -0.2) is 0 Å². The Bertz CT molecular complexity index is 797. The predicted octanol–water partition coefficient (Wildman–Crippen LogP) is 5.28. The van der Waals surface area contributed by atoms with E-state index in [-0.39, 0.29) is 0 Å². The van der Waals surface area contributed by atoms with Gasteiger partial charge in [-0.05, 0) is 53.9 Å². The van der Waals surface area contributed by atoms with E-state index >= 15 is 0 Å². The monoisotopic (exact) mass is 276 g/mol. The zero-order valence-corrected chi connectivity index (χ0v) is 12.1. The Hall–Kier alpha value is -2.68. The van der Waals surface area contributed by atoms with Gasteiger partial charge in [-0.3, -0.25) is 0 Å². The van der Waals surface area contributed by atoms with E-state index in [1.165, 1.54) is 10.4 Å². The smallest absolute Gasteiger partial charge is 0.0723 e. The summed E-state index contributed by atoms with van der Waals surface area (Å²) in [7, 11) is 0. The molecule has 21 heavy (non-hydrogen) atoms. The Labute approximate surface area is 123 Å². The van der Waals surface area contributed by atoms with Gasteiger partial charge in [0.1, 0.15) is 0 Å². The highest BCUT2D eigenvalue weighted by Crippen LogP contribution is 2.35. The van der Waals surface area contributed by atoms with Crippen molar-refractivity contribution in [1.29, 1.82) is 0 Å². The Morgan fingerprint density at radius 1 is 0.857 bits per heavy atom. The fourth-order valence-electron chi connectivity index (χ4n) is 2.70. The molecule has 0 aromatic heterocycles. The quantitative estimate of drug-likeness (QED) is 0.482. The lowest BCUT2D eigenvalue weighted by Crippen LogP contribution is -2.09. The molecule has 0 aliphatic heterocycles. The van der Waals surface area contributed by atoms with E-state index in [2.05, 4.69) is 24.3 Å². The highest BCUT2D eigenvalue weighted by Gasteiger charge is 2.15. The molecule has 0 bridgehead atoms. The molecular weight excluding hydrogens is 260 g/mol. The molecule has 0 aliphatic rings. The number of benzene rings is 3. The van der Waals surface area contributed by atoms with E-state index in [0.717, 1.165) is 27.9 Å². The molecule has 3 heteroatoms. The van der Waals surface area contributed by atoms with Crippen molar-refractivity contribution in [3.63, 3.8) is 0 Å². The van der Waals surface area contributed by atoms with Gasteiger partial charge in [-0.1, -0.05) is 42.5 Å². The van der Waals surface area contributed by atoms with Crippen LogP contribution in [0.25, 0.3) is 10.8 Å². The third kappa shape index (κ3) is 2.27. The van der Waals surface area contributed by atoms with Crippen molar-refractivity contribution in [2.24, 2.45) is 5.29 Å². The number of aryl methyl sites for hydroxylation is 2. The molecule has 0 radical (unpaired) electrons. The molecular formula is C18H16N2O. The number of fused-ring (bicyclic) bond motifs is 1. The standard InChI is InChI=1S/C18H16N2O/c1-13-12-18(14(2)17-11-7-6-10-16(13)17)20(19-21)15-8-4-3-5-9-15/h3-12H,1-2H3. The Balaban J connectivity index is 2.24. The van der Waals surface area contributed by atoms with Crippen molar-refractivity contribution in [1.82, 2.24) is 0 Å². The normalized spacial score (nSPS) is 10.6. The van der Waals surface area contributed by atoms with Gasteiger partial charge >= 0.3 is 0 Å². The Kier molecular flexibility index (Phi) is 3.40. The van der Waals surface area contributed by atoms with Crippen LogP contribution in [0.3, 0.4) is 0 Å². The molecule has 0 aliphatic carbocycles. The van der Waals surface area contributed by atoms with Crippen molar-refractivity contribution < 1.29 is 0 Å². The molecule has 0 atom stereocenters. The number of hydrogen-bond acceptors (Lipinski definition) is 2. The zero-order valence-electron chi connectivity index (χ0n) is 12.1. The fourth-order valence-corrected chi connectivity index (χ4v) is 2.70. The molecule has 0 amide bonds. The van der Waals surface area contributed by atoms with Crippen molar-refractivity contribution in [3.8, 4) is 0 Å². The fraction of sp³-hybridized carbons (Fsp3) is 0.111. The van der Waals surface area contributed by atoms with Crippen LogP contribution in [0.15, 0.2) is 65.9 Å². The minimum absolute atomic E-state index is 0.769. The van der Waals surface area contributed by atoms with Crippen LogP contribution in [0.2, 0.25) is 0 Å². The number of hydrogen-bond donors (Lipinski definition) is 0. The van der Waals surface area contributed by atoms with Crippen molar-refractivity contribution in [2.45, 2.75) is 13.8 Å².